The highest BCUT2D eigenvalue weighted by molar-refractivity contribution is 5.81. The molecule has 1 fully saturated rings. The molecule has 1 heteroatoms. The molecule has 0 aromatic rings. The summed E-state index contributed by atoms with van der Waals surface area (Å²) in [5, 5.41) is 0. The summed E-state index contributed by atoms with van der Waals surface area (Å²) in [7, 11) is 0. The maximum atomic E-state index is 12.5. The number of carbonyl (C=O) groups excluding carboxylic acids is 1. The Morgan fingerprint density at radius 2 is 1.55 bits per heavy atom. The average molecular weight is 280 g/mol. The third-order valence-electron chi connectivity index (χ3n) is 5.22. The van der Waals surface area contributed by atoms with Crippen LogP contribution < -0.4 is 0 Å². The zero-order valence-electron chi connectivity index (χ0n) is 14.9. The van der Waals surface area contributed by atoms with Crippen LogP contribution in [0.1, 0.15) is 87.0 Å². The predicted octanol–water partition coefficient (Wildman–Crippen LogP) is 5.87. The van der Waals surface area contributed by atoms with Gasteiger partial charge in [0.1, 0.15) is 5.78 Å². The molecule has 1 aliphatic rings. The molecule has 20 heavy (non-hydrogen) atoms. The topological polar surface area (TPSA) is 17.1 Å². The second kappa shape index (κ2) is 6.62. The molecule has 1 nitrogen and oxygen atoms in total. The molecule has 1 unspecified atom stereocenters. The van der Waals surface area contributed by atoms with Crippen LogP contribution in [0, 0.1) is 28.6 Å². The largest absolute Gasteiger partial charge is 0.299 e. The van der Waals surface area contributed by atoms with Gasteiger partial charge in [0.25, 0.3) is 0 Å². The minimum atomic E-state index is 0.184. The Morgan fingerprint density at radius 1 is 1.05 bits per heavy atom. The zero-order chi connectivity index (χ0) is 15.6. The maximum Gasteiger partial charge on any atom is 0.136 e. The Labute approximate surface area is 126 Å². The van der Waals surface area contributed by atoms with Gasteiger partial charge in [0.2, 0.25) is 0 Å². The van der Waals surface area contributed by atoms with Gasteiger partial charge in [-0.15, -0.1) is 0 Å². The van der Waals surface area contributed by atoms with E-state index in [1.165, 1.54) is 25.7 Å². The van der Waals surface area contributed by atoms with E-state index < -0.39 is 0 Å². The molecule has 0 N–H and O–H groups in total. The fraction of sp³-hybridized carbons (Fsp3) is 0.947. The van der Waals surface area contributed by atoms with Crippen molar-refractivity contribution in [3.8, 4) is 0 Å². The lowest BCUT2D eigenvalue weighted by molar-refractivity contribution is -0.126. The van der Waals surface area contributed by atoms with Gasteiger partial charge in [-0.3, -0.25) is 4.79 Å². The van der Waals surface area contributed by atoms with E-state index in [-0.39, 0.29) is 16.7 Å². The van der Waals surface area contributed by atoms with E-state index in [9.17, 15) is 4.79 Å². The van der Waals surface area contributed by atoms with Gasteiger partial charge in [-0.05, 0) is 41.9 Å². The average Bonchev–Trinajstić information content (AvgIpc) is 2.26. The van der Waals surface area contributed by atoms with E-state index >= 15 is 0 Å². The van der Waals surface area contributed by atoms with Crippen molar-refractivity contribution in [3.63, 3.8) is 0 Å². The molecule has 0 amide bonds. The molecule has 118 valence electrons. The summed E-state index contributed by atoms with van der Waals surface area (Å²) in [5.74, 6) is 2.31. The molecule has 0 aromatic heterocycles. The summed E-state index contributed by atoms with van der Waals surface area (Å²) in [6.07, 6.45) is 7.09. The molecule has 0 spiro atoms. The molecule has 0 aliphatic heterocycles. The first-order valence-electron chi connectivity index (χ1n) is 8.54. The van der Waals surface area contributed by atoms with Crippen molar-refractivity contribution < 1.29 is 4.79 Å². The first-order chi connectivity index (χ1) is 9.01. The summed E-state index contributed by atoms with van der Waals surface area (Å²) in [6.45, 7) is 15.8. The number of ketones is 1. The van der Waals surface area contributed by atoms with E-state index in [1.54, 1.807) is 0 Å². The summed E-state index contributed by atoms with van der Waals surface area (Å²) in [5.41, 5.74) is 0.433. The lowest BCUT2D eigenvalue weighted by atomic mass is 9.66. The molecular weight excluding hydrogens is 244 g/mol. The Bertz CT molecular complexity index is 313. The van der Waals surface area contributed by atoms with Crippen molar-refractivity contribution in [2.75, 3.05) is 0 Å². The molecule has 1 aliphatic carbocycles. The van der Waals surface area contributed by atoms with Gasteiger partial charge < -0.3 is 0 Å². The highest BCUT2D eigenvalue weighted by Gasteiger charge is 2.35. The van der Waals surface area contributed by atoms with Gasteiger partial charge in [-0.1, -0.05) is 61.3 Å². The first-order valence-corrected chi connectivity index (χ1v) is 8.54. The van der Waals surface area contributed by atoms with Crippen LogP contribution in [-0.4, -0.2) is 5.78 Å². The second-order valence-electron chi connectivity index (χ2n) is 9.25. The Morgan fingerprint density at radius 3 is 2.00 bits per heavy atom. The van der Waals surface area contributed by atoms with E-state index in [1.807, 2.05) is 0 Å². The second-order valence-corrected chi connectivity index (χ2v) is 9.25. The molecule has 1 rings (SSSR count). The summed E-state index contributed by atoms with van der Waals surface area (Å²) in [6, 6.07) is 0. The summed E-state index contributed by atoms with van der Waals surface area (Å²) >= 11 is 0. The standard InChI is InChI=1S/C19H36O/c1-14-8-10-16(11-9-14)19(6,7)13-17(20)15(2)12-18(3,4)5/h14-16H,8-13H2,1-7H3. The summed E-state index contributed by atoms with van der Waals surface area (Å²) in [4.78, 5) is 12.5. The number of Topliss-reactive ketones (excluding diaryl/α,β-unsaturated/α-hetero) is 1. The summed E-state index contributed by atoms with van der Waals surface area (Å²) < 4.78 is 0. The number of hydrogen-bond donors (Lipinski definition) is 0. The van der Waals surface area contributed by atoms with E-state index in [4.69, 9.17) is 0 Å². The molecule has 0 radical (unpaired) electrons. The fourth-order valence-corrected chi connectivity index (χ4v) is 3.84. The quantitative estimate of drug-likeness (QED) is 0.615. The molecule has 0 heterocycles. The van der Waals surface area contributed by atoms with Crippen LogP contribution in [-0.2, 0) is 4.79 Å². The third-order valence-corrected chi connectivity index (χ3v) is 5.22. The van der Waals surface area contributed by atoms with Gasteiger partial charge in [-0.2, -0.15) is 0 Å². The van der Waals surface area contributed by atoms with Gasteiger partial charge >= 0.3 is 0 Å². The highest BCUT2D eigenvalue weighted by atomic mass is 16.1. The van der Waals surface area contributed by atoms with Crippen LogP contribution in [0.5, 0.6) is 0 Å². The van der Waals surface area contributed by atoms with Gasteiger partial charge in [0, 0.05) is 12.3 Å². The van der Waals surface area contributed by atoms with Crippen LogP contribution >= 0.6 is 0 Å². The van der Waals surface area contributed by atoms with Crippen LogP contribution in [0.3, 0.4) is 0 Å². The Hall–Kier alpha value is -0.330. The number of hydrogen-bond acceptors (Lipinski definition) is 1. The number of rotatable bonds is 5. The van der Waals surface area contributed by atoms with Gasteiger partial charge in [0.15, 0.2) is 0 Å². The maximum absolute atomic E-state index is 12.5. The molecule has 0 aromatic carbocycles. The number of carbonyl (C=O) groups is 1. The monoisotopic (exact) mass is 280 g/mol. The normalized spacial score (nSPS) is 26.4. The molecule has 1 saturated carbocycles. The van der Waals surface area contributed by atoms with E-state index in [0.717, 1.165) is 24.7 Å². The van der Waals surface area contributed by atoms with Crippen molar-refractivity contribution in [1.82, 2.24) is 0 Å². The Kier molecular flexibility index (Phi) is 5.87. The van der Waals surface area contributed by atoms with Crippen molar-refractivity contribution in [1.29, 1.82) is 0 Å². The minimum absolute atomic E-state index is 0.184. The first kappa shape index (κ1) is 17.7. The van der Waals surface area contributed by atoms with Crippen LogP contribution in [0.4, 0.5) is 0 Å². The van der Waals surface area contributed by atoms with Crippen molar-refractivity contribution >= 4 is 5.78 Å². The highest BCUT2D eigenvalue weighted by Crippen LogP contribution is 2.43. The lowest BCUT2D eigenvalue weighted by Gasteiger charge is -2.39. The SMILES string of the molecule is CC1CCC(C(C)(C)CC(=O)C(C)CC(C)(C)C)CC1. The van der Waals surface area contributed by atoms with Crippen molar-refractivity contribution in [3.05, 3.63) is 0 Å². The van der Waals surface area contributed by atoms with Crippen molar-refractivity contribution in [2.24, 2.45) is 28.6 Å². The smallest absolute Gasteiger partial charge is 0.136 e. The van der Waals surface area contributed by atoms with E-state index in [2.05, 4.69) is 48.5 Å². The van der Waals surface area contributed by atoms with Gasteiger partial charge in [-0.25, -0.2) is 0 Å². The van der Waals surface area contributed by atoms with Gasteiger partial charge in [0.05, 0.1) is 0 Å². The van der Waals surface area contributed by atoms with Crippen LogP contribution in [0.25, 0.3) is 0 Å². The van der Waals surface area contributed by atoms with Crippen LogP contribution in [0.15, 0.2) is 0 Å². The fourth-order valence-electron chi connectivity index (χ4n) is 3.84. The van der Waals surface area contributed by atoms with Crippen molar-refractivity contribution in [2.45, 2.75) is 87.0 Å². The molecule has 1 atom stereocenters. The molecular formula is C19H36O. The molecule has 0 saturated heterocycles. The zero-order valence-corrected chi connectivity index (χ0v) is 14.9. The predicted molar refractivity (Wildman–Crippen MR) is 87.8 cm³/mol. The lowest BCUT2D eigenvalue weighted by Crippen LogP contribution is -2.32. The minimum Gasteiger partial charge on any atom is -0.299 e. The molecule has 0 bridgehead atoms. The van der Waals surface area contributed by atoms with E-state index in [0.29, 0.717) is 5.78 Å². The van der Waals surface area contributed by atoms with Crippen LogP contribution in [0.2, 0.25) is 0 Å². The Balaban J connectivity index is 2.54. The third kappa shape index (κ3) is 5.58.